The van der Waals surface area contributed by atoms with Crippen LogP contribution in [-0.4, -0.2) is 4.98 Å². The Morgan fingerprint density at radius 2 is 2.00 bits per heavy atom. The van der Waals surface area contributed by atoms with Gasteiger partial charge in [-0.1, -0.05) is 29.8 Å². The van der Waals surface area contributed by atoms with Gasteiger partial charge in [-0.2, -0.15) is 5.26 Å². The molecule has 0 aliphatic rings. The second-order valence-corrected chi connectivity index (χ2v) is 3.46. The fourth-order valence-electron chi connectivity index (χ4n) is 1.34. The molecule has 0 atom stereocenters. The maximum Gasteiger partial charge on any atom is 0.101 e. The highest BCUT2D eigenvalue weighted by Gasteiger charge is 2.03. The molecule has 2 nitrogen and oxygen atoms in total. The van der Waals surface area contributed by atoms with Gasteiger partial charge in [0.2, 0.25) is 0 Å². The Labute approximate surface area is 92.8 Å². The van der Waals surface area contributed by atoms with Gasteiger partial charge in [-0.15, -0.1) is 0 Å². The first-order valence-corrected chi connectivity index (χ1v) is 4.79. The molecule has 0 fully saturated rings. The zero-order chi connectivity index (χ0) is 10.7. The number of hydrogen-bond donors (Lipinski definition) is 0. The molecule has 1 aromatic heterocycles. The van der Waals surface area contributed by atoms with Crippen LogP contribution in [0.3, 0.4) is 0 Å². The van der Waals surface area contributed by atoms with Crippen molar-refractivity contribution in [2.45, 2.75) is 0 Å². The van der Waals surface area contributed by atoms with Crippen molar-refractivity contribution >= 4 is 11.6 Å². The van der Waals surface area contributed by atoms with E-state index in [4.69, 9.17) is 16.9 Å². The molecule has 0 radical (unpaired) electrons. The summed E-state index contributed by atoms with van der Waals surface area (Å²) in [6.07, 6.45) is 3.22. The van der Waals surface area contributed by atoms with Gasteiger partial charge in [0.1, 0.15) is 6.07 Å². The van der Waals surface area contributed by atoms with Crippen molar-refractivity contribution in [3.05, 3.63) is 53.3 Å². The highest BCUT2D eigenvalue weighted by Crippen LogP contribution is 2.26. The summed E-state index contributed by atoms with van der Waals surface area (Å²) in [6.45, 7) is 0. The van der Waals surface area contributed by atoms with Crippen LogP contribution in [0.4, 0.5) is 0 Å². The predicted octanol–water partition coefficient (Wildman–Crippen LogP) is 3.27. The van der Waals surface area contributed by atoms with E-state index in [1.54, 1.807) is 12.3 Å². The second kappa shape index (κ2) is 4.12. The van der Waals surface area contributed by atoms with Gasteiger partial charge in [-0.25, -0.2) is 0 Å². The van der Waals surface area contributed by atoms with Crippen LogP contribution in [0.25, 0.3) is 11.1 Å². The molecule has 0 saturated carbocycles. The van der Waals surface area contributed by atoms with Crippen molar-refractivity contribution in [2.75, 3.05) is 0 Å². The van der Waals surface area contributed by atoms with Crippen LogP contribution in [0.15, 0.2) is 42.7 Å². The number of halogens is 1. The molecule has 0 aliphatic heterocycles. The van der Waals surface area contributed by atoms with E-state index in [1.807, 2.05) is 24.3 Å². The van der Waals surface area contributed by atoms with Gasteiger partial charge < -0.3 is 0 Å². The molecule has 1 aromatic carbocycles. The maximum absolute atomic E-state index is 8.76. The first-order valence-electron chi connectivity index (χ1n) is 4.41. The van der Waals surface area contributed by atoms with Gasteiger partial charge >= 0.3 is 0 Å². The zero-order valence-corrected chi connectivity index (χ0v) is 8.57. The summed E-state index contributed by atoms with van der Waals surface area (Å²) < 4.78 is 0. The van der Waals surface area contributed by atoms with Crippen molar-refractivity contribution in [3.63, 3.8) is 0 Å². The Morgan fingerprint density at radius 1 is 1.20 bits per heavy atom. The Balaban J connectivity index is 2.55. The lowest BCUT2D eigenvalue weighted by Crippen LogP contribution is -1.83. The lowest BCUT2D eigenvalue weighted by Gasteiger charge is -2.03. The molecule has 0 unspecified atom stereocenters. The minimum absolute atomic E-state index is 0.535. The van der Waals surface area contributed by atoms with E-state index in [2.05, 4.69) is 11.1 Å². The molecule has 0 aliphatic carbocycles. The van der Waals surface area contributed by atoms with Crippen LogP contribution in [-0.2, 0) is 0 Å². The number of hydrogen-bond acceptors (Lipinski definition) is 2. The third-order valence-electron chi connectivity index (χ3n) is 2.05. The average molecular weight is 215 g/mol. The number of benzene rings is 1. The Kier molecular flexibility index (Phi) is 2.66. The fraction of sp³-hybridized carbons (Fsp3) is 0. The largest absolute Gasteiger partial charge is 0.263 e. The lowest BCUT2D eigenvalue weighted by atomic mass is 10.1. The SMILES string of the molecule is N#Cc1cncc(-c2ccccc2Cl)c1. The number of pyridine rings is 1. The quantitative estimate of drug-likeness (QED) is 0.731. The molecule has 0 bridgehead atoms. The van der Waals surface area contributed by atoms with Gasteiger partial charge in [0, 0.05) is 28.5 Å². The van der Waals surface area contributed by atoms with E-state index in [0.29, 0.717) is 10.6 Å². The summed E-state index contributed by atoms with van der Waals surface area (Å²) in [5, 5.41) is 9.42. The molecular weight excluding hydrogens is 208 g/mol. The van der Waals surface area contributed by atoms with Crippen molar-refractivity contribution < 1.29 is 0 Å². The summed E-state index contributed by atoms with van der Waals surface area (Å²) in [5.41, 5.74) is 2.29. The van der Waals surface area contributed by atoms with E-state index >= 15 is 0 Å². The smallest absolute Gasteiger partial charge is 0.101 e. The van der Waals surface area contributed by atoms with E-state index in [9.17, 15) is 0 Å². The van der Waals surface area contributed by atoms with E-state index < -0.39 is 0 Å². The lowest BCUT2D eigenvalue weighted by molar-refractivity contribution is 1.30. The number of nitrogens with zero attached hydrogens (tertiary/aromatic N) is 2. The molecule has 3 heteroatoms. The van der Waals surface area contributed by atoms with Crippen LogP contribution in [0, 0.1) is 11.3 Å². The zero-order valence-electron chi connectivity index (χ0n) is 7.81. The highest BCUT2D eigenvalue weighted by molar-refractivity contribution is 6.33. The number of rotatable bonds is 1. The van der Waals surface area contributed by atoms with E-state index in [0.717, 1.165) is 11.1 Å². The summed E-state index contributed by atoms with van der Waals surface area (Å²) in [5.74, 6) is 0. The Bertz CT molecular complexity index is 529. The van der Waals surface area contributed by atoms with Crippen LogP contribution in [0.1, 0.15) is 5.56 Å². The van der Waals surface area contributed by atoms with Crippen LogP contribution in [0.2, 0.25) is 5.02 Å². The Morgan fingerprint density at radius 3 is 2.73 bits per heavy atom. The monoisotopic (exact) mass is 214 g/mol. The van der Waals surface area contributed by atoms with Crippen molar-refractivity contribution in [2.24, 2.45) is 0 Å². The second-order valence-electron chi connectivity index (χ2n) is 3.05. The fourth-order valence-corrected chi connectivity index (χ4v) is 1.59. The molecular formula is C12H7ClN2. The number of nitriles is 1. The van der Waals surface area contributed by atoms with Gasteiger partial charge in [0.05, 0.1) is 5.56 Å². The Hall–Kier alpha value is -1.85. The van der Waals surface area contributed by atoms with Crippen molar-refractivity contribution in [3.8, 4) is 17.2 Å². The van der Waals surface area contributed by atoms with Gasteiger partial charge in [0.15, 0.2) is 0 Å². The highest BCUT2D eigenvalue weighted by atomic mass is 35.5. The van der Waals surface area contributed by atoms with Gasteiger partial charge in [-0.05, 0) is 12.1 Å². The molecule has 0 saturated heterocycles. The van der Waals surface area contributed by atoms with Gasteiger partial charge in [-0.3, -0.25) is 4.98 Å². The number of aromatic nitrogens is 1. The minimum Gasteiger partial charge on any atom is -0.263 e. The molecule has 1 heterocycles. The summed E-state index contributed by atoms with van der Waals surface area (Å²) in [4.78, 5) is 3.99. The molecule has 15 heavy (non-hydrogen) atoms. The van der Waals surface area contributed by atoms with Crippen molar-refractivity contribution in [1.29, 1.82) is 5.26 Å². The van der Waals surface area contributed by atoms with Crippen LogP contribution < -0.4 is 0 Å². The summed E-state index contributed by atoms with van der Waals surface area (Å²) >= 11 is 6.04. The molecule has 0 spiro atoms. The summed E-state index contributed by atoms with van der Waals surface area (Å²) in [6, 6.07) is 11.3. The first kappa shape index (κ1) is 9.70. The van der Waals surface area contributed by atoms with Crippen molar-refractivity contribution in [1.82, 2.24) is 4.98 Å². The predicted molar refractivity (Wildman–Crippen MR) is 59.4 cm³/mol. The van der Waals surface area contributed by atoms with E-state index in [1.165, 1.54) is 6.20 Å². The normalized spacial score (nSPS) is 9.60. The van der Waals surface area contributed by atoms with E-state index in [-0.39, 0.29) is 0 Å². The van der Waals surface area contributed by atoms with Gasteiger partial charge in [0.25, 0.3) is 0 Å². The maximum atomic E-state index is 8.76. The van der Waals surface area contributed by atoms with Crippen LogP contribution in [0.5, 0.6) is 0 Å². The molecule has 2 aromatic rings. The first-order chi connectivity index (χ1) is 7.31. The average Bonchev–Trinajstić information content (AvgIpc) is 2.30. The minimum atomic E-state index is 0.535. The standard InChI is InChI=1S/C12H7ClN2/c13-12-4-2-1-3-11(12)10-5-9(6-14)7-15-8-10/h1-5,7-8H. The third-order valence-corrected chi connectivity index (χ3v) is 2.38. The molecule has 72 valence electrons. The summed E-state index contributed by atoms with van der Waals surface area (Å²) in [7, 11) is 0. The topological polar surface area (TPSA) is 36.7 Å². The molecule has 0 N–H and O–H groups in total. The van der Waals surface area contributed by atoms with Crippen LogP contribution >= 0.6 is 11.6 Å². The molecule has 2 rings (SSSR count). The molecule has 0 amide bonds. The third kappa shape index (κ3) is 1.98.